The van der Waals surface area contributed by atoms with Gasteiger partial charge in [0.2, 0.25) is 11.8 Å². The number of likely N-dealkylation sites (N-methyl/N-ethyl adjacent to an activating group) is 1. The number of halogens is 2. The molecule has 3 amide bonds. The highest BCUT2D eigenvalue weighted by molar-refractivity contribution is 6.67. The number of unbranched alkanes of at least 4 members (excludes halogenated alkanes) is 2. The number of ether oxygens (including phenoxy) is 1. The van der Waals surface area contributed by atoms with Crippen molar-refractivity contribution in [1.82, 2.24) is 50.7 Å². The SMILES string of the molecule is Cc1cc(C)c(/C(B(F)F)=C2/C=CC(CCC(=O)NCCCCCC(=O)NCCCN(C)CCCNC(=O)COc3ccc(-c4nc5ccc(-c6nc7ccc(N8CCN(C)CC8)cc7[nH]6)cc5[nH]4)cc3)=N2)[nH]1. The molecule has 1 saturated heterocycles. The molecule has 3 aromatic heterocycles. The summed E-state index contributed by atoms with van der Waals surface area (Å²) in [6.45, 7) is 10.9. The zero-order chi connectivity index (χ0) is 51.3. The van der Waals surface area contributed by atoms with Crippen molar-refractivity contribution < 1.29 is 27.8 Å². The Morgan fingerprint density at radius 2 is 1.34 bits per heavy atom. The molecule has 0 atom stereocenters. The molecule has 5 heterocycles. The van der Waals surface area contributed by atoms with Gasteiger partial charge in [0, 0.05) is 98.0 Å². The molecular formula is C54H67BF2N12O4. The molecule has 0 spiro atoms. The number of nitrogens with zero attached hydrogens (tertiary/aromatic N) is 6. The van der Waals surface area contributed by atoms with Crippen molar-refractivity contribution in [3.05, 3.63) is 102 Å². The van der Waals surface area contributed by atoms with Gasteiger partial charge in [0.15, 0.2) is 6.61 Å². The molecule has 2 aliphatic rings. The maximum absolute atomic E-state index is 14.0. The van der Waals surface area contributed by atoms with Crippen LogP contribution in [0, 0.1) is 13.8 Å². The van der Waals surface area contributed by atoms with E-state index < -0.39 is 7.27 Å². The lowest BCUT2D eigenvalue weighted by Gasteiger charge is -2.34. The van der Waals surface area contributed by atoms with Gasteiger partial charge in [-0.15, -0.1) is 0 Å². The van der Waals surface area contributed by atoms with Crippen molar-refractivity contribution in [2.75, 3.05) is 84.5 Å². The Morgan fingerprint density at radius 1 is 0.712 bits per heavy atom. The Labute approximate surface area is 425 Å². The number of H-pyrrole nitrogens is 3. The molecule has 0 bridgehead atoms. The second-order valence-corrected chi connectivity index (χ2v) is 19.1. The van der Waals surface area contributed by atoms with Crippen LogP contribution < -0.4 is 25.6 Å². The fraction of sp³-hybridized carbons (Fsp3) is 0.407. The normalized spacial score (nSPS) is 14.6. The van der Waals surface area contributed by atoms with Gasteiger partial charge in [-0.3, -0.25) is 28.0 Å². The van der Waals surface area contributed by atoms with Gasteiger partial charge in [0.25, 0.3) is 5.91 Å². The number of aliphatic imine (C=N–C) groups is 1. The lowest BCUT2D eigenvalue weighted by Crippen LogP contribution is -2.44. The van der Waals surface area contributed by atoms with E-state index in [4.69, 9.17) is 14.7 Å². The van der Waals surface area contributed by atoms with Crippen LogP contribution in [0.1, 0.15) is 68.3 Å². The van der Waals surface area contributed by atoms with Gasteiger partial charge in [-0.1, -0.05) is 6.42 Å². The van der Waals surface area contributed by atoms with Crippen molar-refractivity contribution in [3.8, 4) is 28.5 Å². The number of rotatable bonds is 25. The third-order valence-electron chi connectivity index (χ3n) is 13.3. The average Bonchev–Trinajstić information content (AvgIpc) is 4.20. The number of allylic oxidation sites excluding steroid dienone is 2. The molecule has 0 aliphatic carbocycles. The third kappa shape index (κ3) is 14.5. The minimum atomic E-state index is -2.69. The highest BCUT2D eigenvalue weighted by atomic mass is 19.2. The van der Waals surface area contributed by atoms with Gasteiger partial charge in [0.05, 0.1) is 27.8 Å². The second kappa shape index (κ2) is 25.0. The number of anilines is 1. The number of aryl methyl sites for hydroxylation is 2. The molecule has 73 heavy (non-hydrogen) atoms. The molecule has 0 radical (unpaired) electrons. The molecule has 0 unspecified atom stereocenters. The van der Waals surface area contributed by atoms with Crippen LogP contribution in [0.25, 0.3) is 50.3 Å². The monoisotopic (exact) mass is 997 g/mol. The van der Waals surface area contributed by atoms with Crippen LogP contribution >= 0.6 is 0 Å². The summed E-state index contributed by atoms with van der Waals surface area (Å²) in [6, 6.07) is 21.9. The molecule has 6 aromatic rings. The van der Waals surface area contributed by atoms with Crippen LogP contribution in [0.5, 0.6) is 5.75 Å². The quantitative estimate of drug-likeness (QED) is 0.0247. The summed E-state index contributed by atoms with van der Waals surface area (Å²) in [5, 5.41) is 8.82. The Kier molecular flexibility index (Phi) is 17.9. The number of nitrogens with one attached hydrogen (secondary N) is 6. The smallest absolute Gasteiger partial charge is 0.484 e. The van der Waals surface area contributed by atoms with Gasteiger partial charge < -0.3 is 50.3 Å². The molecule has 19 heteroatoms. The largest absolute Gasteiger partial charge is 0.576 e. The van der Waals surface area contributed by atoms with Gasteiger partial charge >= 0.3 is 7.27 Å². The Hall–Kier alpha value is -7.12. The van der Waals surface area contributed by atoms with E-state index in [0.717, 1.165) is 127 Å². The molecule has 1 fully saturated rings. The molecular weight excluding hydrogens is 929 g/mol. The number of amides is 3. The minimum absolute atomic E-state index is 0.0129. The van der Waals surface area contributed by atoms with E-state index in [2.05, 4.69) is 81.9 Å². The Balaban J connectivity index is 0.640. The topological polar surface area (TPSA) is 192 Å². The van der Waals surface area contributed by atoms with Crippen LogP contribution in [0.15, 0.2) is 89.6 Å². The van der Waals surface area contributed by atoms with Gasteiger partial charge in [0.1, 0.15) is 17.4 Å². The Bertz CT molecular complexity index is 2950. The average molecular weight is 997 g/mol. The summed E-state index contributed by atoms with van der Waals surface area (Å²) in [6.07, 6.45) is 8.15. The van der Waals surface area contributed by atoms with Crippen LogP contribution in [-0.2, 0) is 14.4 Å². The summed E-state index contributed by atoms with van der Waals surface area (Å²) in [5.74, 6) is 1.84. The van der Waals surface area contributed by atoms with Crippen molar-refractivity contribution in [2.45, 2.75) is 65.2 Å². The highest BCUT2D eigenvalue weighted by Gasteiger charge is 2.29. The van der Waals surface area contributed by atoms with Crippen molar-refractivity contribution in [1.29, 1.82) is 0 Å². The maximum atomic E-state index is 14.0. The molecule has 384 valence electrons. The zero-order valence-electron chi connectivity index (χ0n) is 42.4. The second-order valence-electron chi connectivity index (χ2n) is 19.1. The summed E-state index contributed by atoms with van der Waals surface area (Å²) in [5.41, 5.74) is 9.40. The van der Waals surface area contributed by atoms with Crippen molar-refractivity contribution in [2.24, 2.45) is 4.99 Å². The van der Waals surface area contributed by atoms with Gasteiger partial charge in [-0.05, 0) is 158 Å². The minimum Gasteiger partial charge on any atom is -0.484 e. The molecule has 16 nitrogen and oxygen atoms in total. The van der Waals surface area contributed by atoms with Gasteiger partial charge in [-0.2, -0.15) is 0 Å². The highest BCUT2D eigenvalue weighted by Crippen LogP contribution is 2.31. The van der Waals surface area contributed by atoms with E-state index in [1.165, 1.54) is 5.69 Å². The lowest BCUT2D eigenvalue weighted by atomic mass is 9.80. The summed E-state index contributed by atoms with van der Waals surface area (Å²) >= 11 is 0. The molecule has 8 rings (SSSR count). The molecule has 6 N–H and O–H groups in total. The predicted molar refractivity (Wildman–Crippen MR) is 287 cm³/mol. The van der Waals surface area contributed by atoms with E-state index in [1.807, 2.05) is 56.4 Å². The van der Waals surface area contributed by atoms with Crippen molar-refractivity contribution in [3.63, 3.8) is 0 Å². The van der Waals surface area contributed by atoms with E-state index in [-0.39, 0.29) is 41.9 Å². The fourth-order valence-electron chi connectivity index (χ4n) is 9.15. The number of fused-ring (bicyclic) bond motifs is 2. The summed E-state index contributed by atoms with van der Waals surface area (Å²) in [7, 11) is 1.50. The van der Waals surface area contributed by atoms with Gasteiger partial charge in [-0.25, -0.2) is 9.97 Å². The number of piperazine rings is 1. The zero-order valence-corrected chi connectivity index (χ0v) is 42.4. The standard InChI is InChI=1S/C54H67BF2N12O4/c1-36-32-37(2)61-52(36)51(55(56)57)45-20-14-40(62-45)15-22-49(71)58-23-7-5-6-10-48(70)59-24-8-26-67(3)27-9-25-60-50(72)35-73-42-17-11-38(12-18-42)53-63-43-19-13-39(33-46(43)65-53)54-64-44-21-16-41(34-47(44)66-54)69-30-28-68(4)29-31-69/h11-14,16-21,32-34,61H,5-10,15,22-31,35H2,1-4H3,(H,58,71)(H,59,70)(H,60,72)(H,63,65)(H,64,66)/b51-45+. The Morgan fingerprint density at radius 3 is 2.03 bits per heavy atom. The van der Waals surface area contributed by atoms with E-state index >= 15 is 0 Å². The summed E-state index contributed by atoms with van der Waals surface area (Å²) < 4.78 is 33.7. The van der Waals surface area contributed by atoms with E-state index in [9.17, 15) is 23.0 Å². The number of aromatic nitrogens is 5. The molecule has 0 saturated carbocycles. The van der Waals surface area contributed by atoms with E-state index in [0.29, 0.717) is 49.6 Å². The number of carbonyl (C=O) groups excluding carboxylic acids is 3. The molecule has 3 aromatic carbocycles. The van der Waals surface area contributed by atoms with E-state index in [1.54, 1.807) is 19.1 Å². The first kappa shape index (κ1) is 52.2. The summed E-state index contributed by atoms with van der Waals surface area (Å²) in [4.78, 5) is 68.3. The third-order valence-corrected chi connectivity index (χ3v) is 13.3. The van der Waals surface area contributed by atoms with Crippen LogP contribution in [-0.4, -0.2) is 145 Å². The van der Waals surface area contributed by atoms with Crippen LogP contribution in [0.3, 0.4) is 0 Å². The first-order valence-corrected chi connectivity index (χ1v) is 25.4. The number of hydrogen-bond donors (Lipinski definition) is 6. The number of hydrogen-bond acceptors (Lipinski definition) is 10. The lowest BCUT2D eigenvalue weighted by molar-refractivity contribution is -0.123. The number of benzene rings is 3. The predicted octanol–water partition coefficient (Wildman–Crippen LogP) is 7.64. The number of aromatic amines is 3. The van der Waals surface area contributed by atoms with Crippen molar-refractivity contribution >= 4 is 63.9 Å². The fourth-order valence-corrected chi connectivity index (χ4v) is 9.15. The maximum Gasteiger partial charge on any atom is 0.576 e. The number of imidazole rings is 2. The molecule has 2 aliphatic heterocycles. The van der Waals surface area contributed by atoms with Crippen LogP contribution in [0.4, 0.5) is 14.3 Å². The first-order valence-electron chi connectivity index (χ1n) is 25.4. The first-order chi connectivity index (χ1) is 35.3. The number of carbonyl (C=O) groups is 3. The van der Waals surface area contributed by atoms with Crippen LogP contribution in [0.2, 0.25) is 0 Å².